The number of nitrogens with zero attached hydrogens (tertiary/aromatic N) is 2. The maximum Gasteiger partial charge on any atom is 0.255 e. The zero-order chi connectivity index (χ0) is 21.5. The number of aromatic nitrogens is 1. The van der Waals surface area contributed by atoms with Crippen LogP contribution in [0.1, 0.15) is 52.0 Å². The van der Waals surface area contributed by atoms with Crippen molar-refractivity contribution in [3.63, 3.8) is 0 Å². The van der Waals surface area contributed by atoms with Gasteiger partial charge in [0.2, 0.25) is 11.8 Å². The highest BCUT2D eigenvalue weighted by Gasteiger charge is 2.39. The maximum atomic E-state index is 12.8. The third-order valence-electron chi connectivity index (χ3n) is 6.43. The van der Waals surface area contributed by atoms with Crippen molar-refractivity contribution >= 4 is 17.7 Å². The number of benzene rings is 1. The molecule has 0 radical (unpaired) electrons. The number of hydrogen-bond acceptors (Lipinski definition) is 6. The molecule has 31 heavy (non-hydrogen) atoms. The number of carbonyl (C=O) groups is 3. The van der Waals surface area contributed by atoms with E-state index in [0.29, 0.717) is 31.1 Å². The number of pyridine rings is 1. The van der Waals surface area contributed by atoms with E-state index in [4.69, 9.17) is 0 Å². The standard InChI is InChI=1S/C23H24N4O4/c28-17-8-14-2-3-16(9-19(14)25-11-17)24-10-13-1-4-18-15(7-13)12-27(23(18)31)20-5-6-21(29)26-22(20)30/h1,4,7-8,11,16,20,24,28H,2-3,5-6,9-10,12H2,(H,26,29,30). The molecule has 0 saturated carbocycles. The lowest BCUT2D eigenvalue weighted by molar-refractivity contribution is -0.136. The number of rotatable bonds is 4. The Balaban J connectivity index is 1.23. The number of imide groups is 1. The van der Waals surface area contributed by atoms with Gasteiger partial charge in [-0.15, -0.1) is 0 Å². The predicted molar refractivity (Wildman–Crippen MR) is 111 cm³/mol. The molecule has 1 saturated heterocycles. The molecule has 2 aliphatic heterocycles. The largest absolute Gasteiger partial charge is 0.506 e. The predicted octanol–water partition coefficient (Wildman–Crippen LogP) is 1.20. The Hall–Kier alpha value is -3.26. The topological polar surface area (TPSA) is 112 Å². The number of carbonyl (C=O) groups excluding carboxylic acids is 3. The van der Waals surface area contributed by atoms with E-state index in [-0.39, 0.29) is 29.9 Å². The normalized spacial score (nSPS) is 22.8. The number of piperidine rings is 1. The summed E-state index contributed by atoms with van der Waals surface area (Å²) in [6.45, 7) is 1.07. The summed E-state index contributed by atoms with van der Waals surface area (Å²) < 4.78 is 0. The number of aromatic hydroxyl groups is 1. The lowest BCUT2D eigenvalue weighted by Crippen LogP contribution is -2.52. The number of nitrogens with one attached hydrogen (secondary N) is 2. The zero-order valence-corrected chi connectivity index (χ0v) is 17.1. The molecule has 2 atom stereocenters. The summed E-state index contributed by atoms with van der Waals surface area (Å²) in [6, 6.07) is 7.32. The molecule has 2 unspecified atom stereocenters. The molecule has 1 aliphatic carbocycles. The van der Waals surface area contributed by atoms with Crippen molar-refractivity contribution < 1.29 is 19.5 Å². The Morgan fingerprint density at radius 3 is 2.84 bits per heavy atom. The Labute approximate surface area is 179 Å². The van der Waals surface area contributed by atoms with Crippen LogP contribution in [0.4, 0.5) is 0 Å². The molecule has 1 aromatic heterocycles. The number of hydrogen-bond donors (Lipinski definition) is 3. The van der Waals surface area contributed by atoms with Crippen LogP contribution in [-0.4, -0.2) is 44.8 Å². The SMILES string of the molecule is O=C1CCC(N2Cc3cc(CNC4CCc5cc(O)cnc5C4)ccc3C2=O)C(=O)N1. The van der Waals surface area contributed by atoms with Gasteiger partial charge in [0.15, 0.2) is 0 Å². The van der Waals surface area contributed by atoms with Crippen LogP contribution in [0.2, 0.25) is 0 Å². The van der Waals surface area contributed by atoms with E-state index < -0.39 is 6.04 Å². The quantitative estimate of drug-likeness (QED) is 0.641. The highest BCUT2D eigenvalue weighted by molar-refractivity contribution is 6.05. The molecule has 1 aromatic carbocycles. The molecule has 8 heteroatoms. The van der Waals surface area contributed by atoms with Gasteiger partial charge in [-0.2, -0.15) is 0 Å². The van der Waals surface area contributed by atoms with Gasteiger partial charge in [0.25, 0.3) is 5.91 Å². The molecule has 3 N–H and O–H groups in total. The maximum absolute atomic E-state index is 12.8. The van der Waals surface area contributed by atoms with Crippen molar-refractivity contribution in [2.75, 3.05) is 0 Å². The zero-order valence-electron chi connectivity index (χ0n) is 17.1. The first-order chi connectivity index (χ1) is 15.0. The van der Waals surface area contributed by atoms with Crippen molar-refractivity contribution in [2.45, 2.75) is 57.3 Å². The Morgan fingerprint density at radius 1 is 1.13 bits per heavy atom. The van der Waals surface area contributed by atoms with E-state index in [9.17, 15) is 19.5 Å². The molecule has 3 amide bonds. The van der Waals surface area contributed by atoms with Gasteiger partial charge < -0.3 is 15.3 Å². The van der Waals surface area contributed by atoms with Crippen molar-refractivity contribution in [3.8, 4) is 5.75 Å². The second kappa shape index (κ2) is 7.77. The van der Waals surface area contributed by atoms with Crippen LogP contribution in [0.25, 0.3) is 0 Å². The van der Waals surface area contributed by atoms with Crippen molar-refractivity contribution in [1.29, 1.82) is 0 Å². The minimum atomic E-state index is -0.589. The number of amides is 3. The molecule has 1 fully saturated rings. The molecule has 5 rings (SSSR count). The molecule has 8 nitrogen and oxygen atoms in total. The van der Waals surface area contributed by atoms with Crippen LogP contribution in [0.15, 0.2) is 30.5 Å². The van der Waals surface area contributed by atoms with Crippen LogP contribution in [0.3, 0.4) is 0 Å². The van der Waals surface area contributed by atoms with Crippen molar-refractivity contribution in [1.82, 2.24) is 20.5 Å². The second-order valence-electron chi connectivity index (χ2n) is 8.51. The average molecular weight is 420 g/mol. The van der Waals surface area contributed by atoms with Gasteiger partial charge in [0, 0.05) is 43.2 Å². The smallest absolute Gasteiger partial charge is 0.255 e. The summed E-state index contributed by atoms with van der Waals surface area (Å²) in [4.78, 5) is 42.3. The van der Waals surface area contributed by atoms with Gasteiger partial charge in [-0.25, -0.2) is 0 Å². The molecule has 0 spiro atoms. The summed E-state index contributed by atoms with van der Waals surface area (Å²) in [6.07, 6.45) is 4.80. The molecular weight excluding hydrogens is 396 g/mol. The average Bonchev–Trinajstić information content (AvgIpc) is 3.08. The van der Waals surface area contributed by atoms with Crippen LogP contribution in [-0.2, 0) is 35.5 Å². The van der Waals surface area contributed by atoms with Crippen LogP contribution in [0.5, 0.6) is 5.75 Å². The monoisotopic (exact) mass is 420 g/mol. The van der Waals surface area contributed by atoms with Crippen LogP contribution >= 0.6 is 0 Å². The fourth-order valence-corrected chi connectivity index (χ4v) is 4.77. The Bertz CT molecular complexity index is 1080. The fourth-order valence-electron chi connectivity index (χ4n) is 4.77. The first-order valence-corrected chi connectivity index (χ1v) is 10.6. The van der Waals surface area contributed by atoms with E-state index in [1.807, 2.05) is 18.2 Å². The second-order valence-corrected chi connectivity index (χ2v) is 8.51. The third kappa shape index (κ3) is 3.79. The summed E-state index contributed by atoms with van der Waals surface area (Å²) in [5.41, 5.74) is 4.77. The van der Waals surface area contributed by atoms with E-state index in [1.54, 1.807) is 11.0 Å². The minimum Gasteiger partial charge on any atom is -0.506 e. The number of aryl methyl sites for hydroxylation is 1. The fraction of sp³-hybridized carbons (Fsp3) is 0.391. The van der Waals surface area contributed by atoms with Gasteiger partial charge in [0.05, 0.1) is 6.20 Å². The van der Waals surface area contributed by atoms with Gasteiger partial charge >= 0.3 is 0 Å². The van der Waals surface area contributed by atoms with Gasteiger partial charge in [-0.05, 0) is 48.1 Å². The van der Waals surface area contributed by atoms with Crippen LogP contribution in [0, 0.1) is 0 Å². The summed E-state index contributed by atoms with van der Waals surface area (Å²) in [5, 5.41) is 15.5. The van der Waals surface area contributed by atoms with Crippen LogP contribution < -0.4 is 10.6 Å². The highest BCUT2D eigenvalue weighted by Crippen LogP contribution is 2.28. The molecule has 3 heterocycles. The molecule has 2 aromatic rings. The van der Waals surface area contributed by atoms with E-state index in [0.717, 1.165) is 41.6 Å². The van der Waals surface area contributed by atoms with E-state index >= 15 is 0 Å². The lowest BCUT2D eigenvalue weighted by atomic mass is 9.91. The Kier molecular flexibility index (Phi) is 4.94. The summed E-state index contributed by atoms with van der Waals surface area (Å²) in [5.74, 6) is -0.610. The molecule has 0 bridgehead atoms. The van der Waals surface area contributed by atoms with Gasteiger partial charge in [-0.1, -0.05) is 12.1 Å². The van der Waals surface area contributed by atoms with E-state index in [2.05, 4.69) is 15.6 Å². The highest BCUT2D eigenvalue weighted by atomic mass is 16.3. The summed E-state index contributed by atoms with van der Waals surface area (Å²) >= 11 is 0. The van der Waals surface area contributed by atoms with Crippen molar-refractivity contribution in [2.24, 2.45) is 0 Å². The lowest BCUT2D eigenvalue weighted by Gasteiger charge is -2.29. The first kappa shape index (κ1) is 19.7. The van der Waals surface area contributed by atoms with Crippen molar-refractivity contribution in [3.05, 3.63) is 58.4 Å². The summed E-state index contributed by atoms with van der Waals surface area (Å²) in [7, 11) is 0. The molecule has 3 aliphatic rings. The third-order valence-corrected chi connectivity index (χ3v) is 6.43. The molecule has 160 valence electrons. The number of fused-ring (bicyclic) bond motifs is 2. The minimum absolute atomic E-state index is 0.151. The van der Waals surface area contributed by atoms with E-state index in [1.165, 1.54) is 6.20 Å². The van der Waals surface area contributed by atoms with Gasteiger partial charge in [-0.3, -0.25) is 24.7 Å². The molecular formula is C23H24N4O4. The Morgan fingerprint density at radius 2 is 2.00 bits per heavy atom. The van der Waals surface area contributed by atoms with Gasteiger partial charge in [0.1, 0.15) is 11.8 Å². The first-order valence-electron chi connectivity index (χ1n) is 10.6.